The highest BCUT2D eigenvalue weighted by Gasteiger charge is 2.36. The second-order valence-electron chi connectivity index (χ2n) is 7.33. The van der Waals surface area contributed by atoms with Crippen molar-refractivity contribution in [2.45, 2.75) is 20.3 Å². The molecule has 1 heterocycles. The number of carbonyl (C=O) groups excluding carboxylic acids is 3. The zero-order chi connectivity index (χ0) is 21.8. The van der Waals surface area contributed by atoms with Crippen molar-refractivity contribution >= 4 is 40.7 Å². The van der Waals surface area contributed by atoms with Crippen LogP contribution < -0.4 is 20.3 Å². The van der Waals surface area contributed by atoms with Gasteiger partial charge in [0.2, 0.25) is 17.7 Å². The predicted octanol–water partition coefficient (Wildman–Crippen LogP) is 3.07. The Hall–Kier alpha value is -3.06. The molecule has 1 aliphatic heterocycles. The van der Waals surface area contributed by atoms with Crippen LogP contribution in [0, 0.1) is 19.8 Å². The van der Waals surface area contributed by atoms with Crippen LogP contribution in [0.1, 0.15) is 17.5 Å². The van der Waals surface area contributed by atoms with Gasteiger partial charge in [0.15, 0.2) is 0 Å². The lowest BCUT2D eigenvalue weighted by molar-refractivity contribution is -0.127. The van der Waals surface area contributed by atoms with Crippen LogP contribution in [0.4, 0.5) is 11.4 Å². The number of methoxy groups -OCH3 is 1. The third-order valence-corrected chi connectivity index (χ3v) is 5.26. The van der Waals surface area contributed by atoms with Crippen LogP contribution in [0.5, 0.6) is 5.75 Å². The fraction of sp³-hybridized carbons (Fsp3) is 0.318. The molecule has 0 bridgehead atoms. The van der Waals surface area contributed by atoms with Crippen molar-refractivity contribution < 1.29 is 19.1 Å². The van der Waals surface area contributed by atoms with Crippen molar-refractivity contribution in [2.75, 3.05) is 30.4 Å². The van der Waals surface area contributed by atoms with E-state index in [1.165, 1.54) is 7.11 Å². The Kier molecular flexibility index (Phi) is 6.62. The predicted molar refractivity (Wildman–Crippen MR) is 116 cm³/mol. The molecule has 3 rings (SSSR count). The Bertz CT molecular complexity index is 992. The summed E-state index contributed by atoms with van der Waals surface area (Å²) in [5, 5.41) is 5.70. The van der Waals surface area contributed by atoms with Crippen LogP contribution in [-0.4, -0.2) is 37.9 Å². The van der Waals surface area contributed by atoms with E-state index in [0.29, 0.717) is 22.1 Å². The van der Waals surface area contributed by atoms with Crippen molar-refractivity contribution in [2.24, 2.45) is 5.92 Å². The lowest BCUT2D eigenvalue weighted by Crippen LogP contribution is -2.38. The molecular formula is C22H24ClN3O4. The van der Waals surface area contributed by atoms with Crippen molar-refractivity contribution in [3.05, 3.63) is 52.5 Å². The van der Waals surface area contributed by atoms with E-state index in [9.17, 15) is 14.4 Å². The first kappa shape index (κ1) is 21.6. The first-order valence-electron chi connectivity index (χ1n) is 9.57. The maximum Gasteiger partial charge on any atom is 0.243 e. The number of aryl methyl sites for hydroxylation is 2. The van der Waals surface area contributed by atoms with Gasteiger partial charge in [0.25, 0.3) is 0 Å². The van der Waals surface area contributed by atoms with E-state index in [-0.39, 0.29) is 31.3 Å². The summed E-state index contributed by atoms with van der Waals surface area (Å²) in [6, 6.07) is 10.8. The van der Waals surface area contributed by atoms with E-state index in [2.05, 4.69) is 10.6 Å². The van der Waals surface area contributed by atoms with Gasteiger partial charge in [0, 0.05) is 13.0 Å². The minimum Gasteiger partial charge on any atom is -0.495 e. The molecule has 7 nitrogen and oxygen atoms in total. The topological polar surface area (TPSA) is 87.7 Å². The summed E-state index contributed by atoms with van der Waals surface area (Å²) >= 11 is 6.11. The van der Waals surface area contributed by atoms with Gasteiger partial charge in [0.1, 0.15) is 5.75 Å². The summed E-state index contributed by atoms with van der Waals surface area (Å²) in [6.07, 6.45) is 0.0777. The van der Waals surface area contributed by atoms with E-state index < -0.39 is 11.8 Å². The highest BCUT2D eigenvalue weighted by Crippen LogP contribution is 2.34. The van der Waals surface area contributed by atoms with Gasteiger partial charge in [-0.15, -0.1) is 0 Å². The van der Waals surface area contributed by atoms with Gasteiger partial charge in [-0.3, -0.25) is 14.4 Å². The highest BCUT2D eigenvalue weighted by atomic mass is 35.5. The fourth-order valence-electron chi connectivity index (χ4n) is 3.35. The van der Waals surface area contributed by atoms with E-state index >= 15 is 0 Å². The molecule has 30 heavy (non-hydrogen) atoms. The van der Waals surface area contributed by atoms with E-state index in [1.807, 2.05) is 32.0 Å². The molecule has 8 heteroatoms. The molecule has 0 aliphatic carbocycles. The third kappa shape index (κ3) is 4.91. The largest absolute Gasteiger partial charge is 0.495 e. The lowest BCUT2D eigenvalue weighted by Gasteiger charge is -2.20. The number of halogens is 1. The van der Waals surface area contributed by atoms with Crippen LogP contribution in [-0.2, 0) is 14.4 Å². The Morgan fingerprint density at radius 1 is 1.17 bits per heavy atom. The van der Waals surface area contributed by atoms with Gasteiger partial charge in [-0.2, -0.15) is 0 Å². The molecule has 1 saturated heterocycles. The third-order valence-electron chi connectivity index (χ3n) is 4.94. The number of anilines is 2. The second-order valence-corrected chi connectivity index (χ2v) is 7.74. The van der Waals surface area contributed by atoms with Crippen LogP contribution in [0.25, 0.3) is 0 Å². The van der Waals surface area contributed by atoms with Crippen LogP contribution in [0.15, 0.2) is 36.4 Å². The number of benzene rings is 2. The number of hydrogen-bond acceptors (Lipinski definition) is 4. The van der Waals surface area contributed by atoms with Crippen LogP contribution in [0.3, 0.4) is 0 Å². The Labute approximate surface area is 180 Å². The van der Waals surface area contributed by atoms with E-state index in [0.717, 1.165) is 11.1 Å². The molecule has 0 radical (unpaired) electrons. The van der Waals surface area contributed by atoms with Crippen LogP contribution >= 0.6 is 11.6 Å². The average molecular weight is 430 g/mol. The van der Waals surface area contributed by atoms with Gasteiger partial charge < -0.3 is 20.3 Å². The minimum absolute atomic E-state index is 0.0777. The molecule has 1 unspecified atom stereocenters. The number of ether oxygens (including phenoxy) is 1. The molecule has 1 aliphatic rings. The minimum atomic E-state index is -0.543. The monoisotopic (exact) mass is 429 g/mol. The van der Waals surface area contributed by atoms with Crippen molar-refractivity contribution in [3.63, 3.8) is 0 Å². The maximum atomic E-state index is 12.5. The molecular weight excluding hydrogens is 406 g/mol. The summed E-state index contributed by atoms with van der Waals surface area (Å²) < 4.78 is 5.35. The molecule has 0 aromatic heterocycles. The van der Waals surface area contributed by atoms with Gasteiger partial charge in [0.05, 0.1) is 36.0 Å². The normalized spacial score (nSPS) is 15.8. The number of nitrogens with zero attached hydrogens (tertiary/aromatic N) is 1. The molecule has 158 valence electrons. The summed E-state index contributed by atoms with van der Waals surface area (Å²) in [4.78, 5) is 38.8. The molecule has 2 aromatic carbocycles. The Morgan fingerprint density at radius 3 is 2.57 bits per heavy atom. The number of nitrogens with one attached hydrogen (secondary N) is 2. The molecule has 2 aromatic rings. The summed E-state index contributed by atoms with van der Waals surface area (Å²) in [7, 11) is 1.54. The Balaban J connectivity index is 1.58. The van der Waals surface area contributed by atoms with Crippen molar-refractivity contribution in [1.82, 2.24) is 5.32 Å². The van der Waals surface area contributed by atoms with Gasteiger partial charge in [-0.25, -0.2) is 0 Å². The van der Waals surface area contributed by atoms with Gasteiger partial charge in [-0.1, -0.05) is 23.7 Å². The average Bonchev–Trinajstić information content (AvgIpc) is 3.10. The fourth-order valence-corrected chi connectivity index (χ4v) is 3.64. The lowest BCUT2D eigenvalue weighted by atomic mass is 10.1. The maximum absolute atomic E-state index is 12.5. The first-order valence-corrected chi connectivity index (χ1v) is 9.95. The van der Waals surface area contributed by atoms with Crippen molar-refractivity contribution in [1.29, 1.82) is 0 Å². The standard InChI is InChI=1S/C22H24ClN3O4/c1-13-4-6-17(16(23)8-13)25-20(27)11-24-22(29)15-10-21(28)26(12-15)18-9-14(2)5-7-19(18)30-3/h4-9,15H,10-12H2,1-3H3,(H,24,29)(H,25,27). The SMILES string of the molecule is COc1ccc(C)cc1N1CC(C(=O)NCC(=O)Nc2ccc(C)cc2Cl)CC1=O. The Morgan fingerprint density at radius 2 is 1.87 bits per heavy atom. The summed E-state index contributed by atoms with van der Waals surface area (Å²) in [5.74, 6) is -0.865. The second kappa shape index (κ2) is 9.17. The molecule has 1 atom stereocenters. The smallest absolute Gasteiger partial charge is 0.243 e. The summed E-state index contributed by atoms with van der Waals surface area (Å²) in [6.45, 7) is 3.85. The number of hydrogen-bond donors (Lipinski definition) is 2. The molecule has 0 saturated carbocycles. The molecule has 1 fully saturated rings. The van der Waals surface area contributed by atoms with E-state index in [1.54, 1.807) is 23.1 Å². The molecule has 0 spiro atoms. The number of rotatable bonds is 6. The number of carbonyl (C=O) groups is 3. The van der Waals surface area contributed by atoms with Gasteiger partial charge >= 0.3 is 0 Å². The zero-order valence-electron chi connectivity index (χ0n) is 17.1. The van der Waals surface area contributed by atoms with Gasteiger partial charge in [-0.05, 0) is 49.2 Å². The first-order chi connectivity index (χ1) is 14.3. The number of amides is 3. The zero-order valence-corrected chi connectivity index (χ0v) is 17.9. The highest BCUT2D eigenvalue weighted by molar-refractivity contribution is 6.33. The van der Waals surface area contributed by atoms with E-state index in [4.69, 9.17) is 16.3 Å². The van der Waals surface area contributed by atoms with Crippen LogP contribution in [0.2, 0.25) is 5.02 Å². The quantitative estimate of drug-likeness (QED) is 0.738. The van der Waals surface area contributed by atoms with Crippen molar-refractivity contribution in [3.8, 4) is 5.75 Å². The molecule has 3 amide bonds. The summed E-state index contributed by atoms with van der Waals surface area (Å²) in [5.41, 5.74) is 3.09. The molecule has 2 N–H and O–H groups in total.